The molecule has 0 atom stereocenters. The molecule has 0 saturated heterocycles. The zero-order valence-corrected chi connectivity index (χ0v) is 8.64. The van der Waals surface area contributed by atoms with Crippen molar-refractivity contribution in [3.05, 3.63) is 0 Å². The van der Waals surface area contributed by atoms with E-state index in [1.807, 2.05) is 0 Å². The molecule has 0 N–H and O–H groups in total. The van der Waals surface area contributed by atoms with Crippen molar-refractivity contribution in [1.29, 1.82) is 0 Å². The molecule has 0 saturated carbocycles. The monoisotopic (exact) mass is 205 g/mol. The van der Waals surface area contributed by atoms with Gasteiger partial charge in [-0.2, -0.15) is 8.42 Å². The van der Waals surface area contributed by atoms with E-state index < -0.39 is 10.3 Å². The summed E-state index contributed by atoms with van der Waals surface area (Å²) in [5, 5.41) is 0. The molecule has 13 heavy (non-hydrogen) atoms. The molecule has 1 rings (SSSR count). The van der Waals surface area contributed by atoms with E-state index in [2.05, 4.69) is 15.5 Å². The molecule has 1 heterocycles. The van der Waals surface area contributed by atoms with Gasteiger partial charge in [0.1, 0.15) is 6.61 Å². The zero-order chi connectivity index (χ0) is 9.73. The zero-order valence-electron chi connectivity index (χ0n) is 7.82. The van der Waals surface area contributed by atoms with E-state index in [1.165, 1.54) is 12.8 Å². The lowest BCUT2D eigenvalue weighted by molar-refractivity contribution is 0.380. The molecule has 0 aromatic rings. The highest BCUT2D eigenvalue weighted by molar-refractivity contribution is 7.85. The summed E-state index contributed by atoms with van der Waals surface area (Å²) < 4.78 is 29.4. The first kappa shape index (κ1) is 10.7. The number of hydrogen-bond acceptors (Lipinski definition) is 3. The van der Waals surface area contributed by atoms with Crippen molar-refractivity contribution in [2.75, 3.05) is 6.61 Å². The molecular weight excluding hydrogens is 190 g/mol. The molecule has 0 unspecified atom stereocenters. The molecule has 0 spiro atoms. The highest BCUT2D eigenvalue weighted by Gasteiger charge is 2.19. The molecule has 0 radical (unpaired) electrons. The first-order valence-electron chi connectivity index (χ1n) is 4.61. The predicted octanol–water partition coefficient (Wildman–Crippen LogP) is 1.67. The van der Waals surface area contributed by atoms with Crippen molar-refractivity contribution >= 4 is 16.0 Å². The van der Waals surface area contributed by atoms with Crippen LogP contribution >= 0.6 is 0 Å². The summed E-state index contributed by atoms with van der Waals surface area (Å²) in [6.45, 7) is 2.30. The molecule has 0 aromatic heterocycles. The van der Waals surface area contributed by atoms with Crippen molar-refractivity contribution in [2.45, 2.75) is 39.0 Å². The Morgan fingerprint density at radius 3 is 2.69 bits per heavy atom. The number of hydrogen-bond donors (Lipinski definition) is 0. The van der Waals surface area contributed by atoms with Gasteiger partial charge in [0, 0.05) is 0 Å². The third-order valence-corrected chi connectivity index (χ3v) is 2.83. The first-order valence-corrected chi connectivity index (χ1v) is 5.97. The molecule has 1 aliphatic rings. The molecule has 1 aliphatic heterocycles. The van der Waals surface area contributed by atoms with Gasteiger partial charge in [-0.05, 0) is 12.8 Å². The Bertz CT molecular complexity index is 282. The molecule has 0 fully saturated rings. The topological polar surface area (TPSA) is 55.7 Å². The minimum Gasteiger partial charge on any atom is -0.246 e. The molecule has 0 amide bonds. The summed E-state index contributed by atoms with van der Waals surface area (Å²) in [6.07, 6.45) is 5.27. The lowest BCUT2D eigenvalue weighted by atomic mass is 10.1. The summed E-state index contributed by atoms with van der Waals surface area (Å²) in [4.78, 5) is 0. The van der Waals surface area contributed by atoms with Crippen LogP contribution in [0.15, 0.2) is 4.40 Å². The normalized spacial score (nSPS) is 20.2. The predicted molar refractivity (Wildman–Crippen MR) is 51.1 cm³/mol. The maximum Gasteiger partial charge on any atom is 0.381 e. The fourth-order valence-corrected chi connectivity index (χ4v) is 2.02. The molecule has 4 nitrogen and oxygen atoms in total. The van der Waals surface area contributed by atoms with Crippen LogP contribution in [0, 0.1) is 0 Å². The Morgan fingerprint density at radius 2 is 2.15 bits per heavy atom. The van der Waals surface area contributed by atoms with Crippen LogP contribution in [0.3, 0.4) is 0 Å². The van der Waals surface area contributed by atoms with E-state index in [0.717, 1.165) is 19.3 Å². The van der Waals surface area contributed by atoms with Crippen LogP contribution in [0.5, 0.6) is 0 Å². The average Bonchev–Trinajstić information content (AvgIpc) is 2.40. The van der Waals surface area contributed by atoms with Gasteiger partial charge in [-0.1, -0.05) is 26.2 Å². The molecular formula is C8H15NO3S. The fraction of sp³-hybridized carbons (Fsp3) is 0.875. The molecule has 0 aromatic carbocycles. The summed E-state index contributed by atoms with van der Waals surface area (Å²) in [7, 11) is -3.55. The Kier molecular flexibility index (Phi) is 3.87. The SMILES string of the molecule is CCCCCCC1=NS(=O)(=O)OC1. The van der Waals surface area contributed by atoms with E-state index in [4.69, 9.17) is 0 Å². The summed E-state index contributed by atoms with van der Waals surface area (Å²) >= 11 is 0. The van der Waals surface area contributed by atoms with Crippen LogP contribution in [0.25, 0.3) is 0 Å². The molecule has 0 aliphatic carbocycles. The number of nitrogens with zero attached hydrogens (tertiary/aromatic N) is 1. The second kappa shape index (κ2) is 4.72. The smallest absolute Gasteiger partial charge is 0.246 e. The third-order valence-electron chi connectivity index (χ3n) is 1.93. The van der Waals surface area contributed by atoms with E-state index in [9.17, 15) is 8.42 Å². The number of rotatable bonds is 5. The Labute approximate surface area is 79.3 Å². The second-order valence-electron chi connectivity index (χ2n) is 3.16. The van der Waals surface area contributed by atoms with Crippen LogP contribution in [0.4, 0.5) is 0 Å². The summed E-state index contributed by atoms with van der Waals surface area (Å²) in [5.41, 5.74) is 0.663. The van der Waals surface area contributed by atoms with Crippen LogP contribution in [-0.2, 0) is 14.5 Å². The minimum absolute atomic E-state index is 0.161. The first-order chi connectivity index (χ1) is 6.14. The van der Waals surface area contributed by atoms with Crippen LogP contribution in [-0.4, -0.2) is 20.7 Å². The quantitative estimate of drug-likeness (QED) is 0.641. The Balaban J connectivity index is 2.24. The molecule has 0 bridgehead atoms. The third kappa shape index (κ3) is 3.87. The largest absolute Gasteiger partial charge is 0.381 e. The van der Waals surface area contributed by atoms with Gasteiger partial charge in [-0.3, -0.25) is 0 Å². The van der Waals surface area contributed by atoms with Gasteiger partial charge in [0.15, 0.2) is 0 Å². The van der Waals surface area contributed by atoms with Gasteiger partial charge < -0.3 is 0 Å². The van der Waals surface area contributed by atoms with Gasteiger partial charge in [-0.25, -0.2) is 4.18 Å². The van der Waals surface area contributed by atoms with Gasteiger partial charge in [0.25, 0.3) is 0 Å². The van der Waals surface area contributed by atoms with Gasteiger partial charge in [0.05, 0.1) is 5.71 Å². The van der Waals surface area contributed by atoms with Crippen molar-refractivity contribution in [2.24, 2.45) is 4.40 Å². The van der Waals surface area contributed by atoms with E-state index in [0.29, 0.717) is 5.71 Å². The van der Waals surface area contributed by atoms with Gasteiger partial charge >= 0.3 is 10.3 Å². The van der Waals surface area contributed by atoms with Crippen LogP contribution < -0.4 is 0 Å². The van der Waals surface area contributed by atoms with Crippen LogP contribution in [0.1, 0.15) is 39.0 Å². The van der Waals surface area contributed by atoms with Gasteiger partial charge in [0.2, 0.25) is 0 Å². The van der Waals surface area contributed by atoms with E-state index in [1.54, 1.807) is 0 Å². The number of unbranched alkanes of at least 4 members (excludes halogenated alkanes) is 3. The van der Waals surface area contributed by atoms with E-state index >= 15 is 0 Å². The summed E-state index contributed by atoms with van der Waals surface area (Å²) in [6, 6.07) is 0. The molecule has 5 heteroatoms. The maximum atomic E-state index is 10.7. The lowest BCUT2D eigenvalue weighted by Crippen LogP contribution is -2.00. The van der Waals surface area contributed by atoms with Crippen molar-refractivity contribution in [3.8, 4) is 0 Å². The average molecular weight is 205 g/mol. The van der Waals surface area contributed by atoms with Crippen LogP contribution in [0.2, 0.25) is 0 Å². The minimum atomic E-state index is -3.55. The van der Waals surface area contributed by atoms with Crippen molar-refractivity contribution < 1.29 is 12.6 Å². The van der Waals surface area contributed by atoms with Gasteiger partial charge in [-0.15, -0.1) is 4.40 Å². The maximum absolute atomic E-state index is 10.7. The highest BCUT2D eigenvalue weighted by atomic mass is 32.2. The fourth-order valence-electron chi connectivity index (χ4n) is 1.23. The van der Waals surface area contributed by atoms with Crippen molar-refractivity contribution in [1.82, 2.24) is 0 Å². The highest BCUT2D eigenvalue weighted by Crippen LogP contribution is 2.11. The molecule has 76 valence electrons. The Hall–Kier alpha value is -0.420. The lowest BCUT2D eigenvalue weighted by Gasteiger charge is -1.96. The van der Waals surface area contributed by atoms with E-state index in [-0.39, 0.29) is 6.61 Å². The van der Waals surface area contributed by atoms with Crippen molar-refractivity contribution in [3.63, 3.8) is 0 Å². The second-order valence-corrected chi connectivity index (χ2v) is 4.43. The summed E-state index contributed by atoms with van der Waals surface area (Å²) in [5.74, 6) is 0. The Morgan fingerprint density at radius 1 is 1.38 bits per heavy atom. The standard InChI is InChI=1S/C8H15NO3S/c1-2-3-4-5-6-8-7-12-13(10,11)9-8/h2-7H2,1H3.